The summed E-state index contributed by atoms with van der Waals surface area (Å²) in [5.41, 5.74) is 0.951. The van der Waals surface area contributed by atoms with Gasteiger partial charge in [0.15, 0.2) is 0 Å². The summed E-state index contributed by atoms with van der Waals surface area (Å²) in [5.74, 6) is 1.42. The lowest BCUT2D eigenvalue weighted by atomic mass is 10.2. The van der Waals surface area contributed by atoms with Gasteiger partial charge < -0.3 is 24.6 Å². The summed E-state index contributed by atoms with van der Waals surface area (Å²) in [4.78, 5) is 0. The first kappa shape index (κ1) is 19.5. The summed E-state index contributed by atoms with van der Waals surface area (Å²) in [6, 6.07) is 8.01. The molecule has 0 aromatic heterocycles. The highest BCUT2D eigenvalue weighted by molar-refractivity contribution is 5.32. The van der Waals surface area contributed by atoms with Crippen molar-refractivity contribution in [2.75, 3.05) is 26.4 Å². The predicted molar refractivity (Wildman–Crippen MR) is 91.5 cm³/mol. The maximum absolute atomic E-state index is 9.90. The second kappa shape index (κ2) is 11.0. The molecule has 0 saturated carbocycles. The SMILES string of the molecule is C=C(C)OCCOCc1ccccc1OCC(O)CNC(C)C. The van der Waals surface area contributed by atoms with E-state index in [-0.39, 0.29) is 6.61 Å². The quantitative estimate of drug-likeness (QED) is 0.457. The molecular formula is C18H29NO4. The van der Waals surface area contributed by atoms with Gasteiger partial charge in [0, 0.05) is 18.2 Å². The van der Waals surface area contributed by atoms with Crippen molar-refractivity contribution in [3.05, 3.63) is 42.2 Å². The van der Waals surface area contributed by atoms with E-state index >= 15 is 0 Å². The van der Waals surface area contributed by atoms with Gasteiger partial charge >= 0.3 is 0 Å². The molecule has 23 heavy (non-hydrogen) atoms. The van der Waals surface area contributed by atoms with Crippen LogP contribution in [0.2, 0.25) is 0 Å². The van der Waals surface area contributed by atoms with E-state index in [0.29, 0.717) is 38.2 Å². The van der Waals surface area contributed by atoms with Crippen LogP contribution in [-0.2, 0) is 16.1 Å². The summed E-state index contributed by atoms with van der Waals surface area (Å²) in [6.07, 6.45) is -0.546. The van der Waals surface area contributed by atoms with Crippen LogP contribution < -0.4 is 10.1 Å². The van der Waals surface area contributed by atoms with Crippen LogP contribution in [0.15, 0.2) is 36.6 Å². The molecule has 0 bridgehead atoms. The number of benzene rings is 1. The number of para-hydroxylation sites is 1. The largest absolute Gasteiger partial charge is 0.496 e. The van der Waals surface area contributed by atoms with Gasteiger partial charge in [-0.3, -0.25) is 0 Å². The fraction of sp³-hybridized carbons (Fsp3) is 0.556. The minimum absolute atomic E-state index is 0.246. The molecule has 1 atom stereocenters. The van der Waals surface area contributed by atoms with E-state index in [1.54, 1.807) is 0 Å². The van der Waals surface area contributed by atoms with E-state index in [1.165, 1.54) is 0 Å². The van der Waals surface area contributed by atoms with Crippen LogP contribution in [0.25, 0.3) is 0 Å². The van der Waals surface area contributed by atoms with Crippen LogP contribution in [0.5, 0.6) is 5.75 Å². The number of allylic oxidation sites excluding steroid dienone is 1. The number of hydrogen-bond acceptors (Lipinski definition) is 5. The van der Waals surface area contributed by atoms with Crippen LogP contribution in [0.1, 0.15) is 26.3 Å². The molecule has 5 nitrogen and oxygen atoms in total. The minimum atomic E-state index is -0.546. The number of aliphatic hydroxyl groups excluding tert-OH is 1. The zero-order chi connectivity index (χ0) is 17.1. The Hall–Kier alpha value is -1.56. The van der Waals surface area contributed by atoms with E-state index in [1.807, 2.05) is 45.0 Å². The van der Waals surface area contributed by atoms with Crippen LogP contribution in [0.4, 0.5) is 0 Å². The van der Waals surface area contributed by atoms with Gasteiger partial charge in [-0.25, -0.2) is 0 Å². The van der Waals surface area contributed by atoms with Crippen molar-refractivity contribution in [3.63, 3.8) is 0 Å². The highest BCUT2D eigenvalue weighted by Crippen LogP contribution is 2.19. The van der Waals surface area contributed by atoms with Crippen molar-refractivity contribution in [2.24, 2.45) is 0 Å². The van der Waals surface area contributed by atoms with Gasteiger partial charge in [-0.05, 0) is 13.0 Å². The molecule has 0 spiro atoms. The summed E-state index contributed by atoms with van der Waals surface area (Å²) in [6.45, 7) is 11.7. The third kappa shape index (κ3) is 9.23. The Morgan fingerprint density at radius 2 is 2.00 bits per heavy atom. The van der Waals surface area contributed by atoms with Crippen LogP contribution in [0.3, 0.4) is 0 Å². The molecule has 1 rings (SSSR count). The van der Waals surface area contributed by atoms with Crippen LogP contribution in [-0.4, -0.2) is 43.6 Å². The molecule has 2 N–H and O–H groups in total. The molecule has 1 aromatic rings. The number of nitrogens with one attached hydrogen (secondary N) is 1. The topological polar surface area (TPSA) is 60.0 Å². The van der Waals surface area contributed by atoms with Gasteiger partial charge in [0.25, 0.3) is 0 Å². The summed E-state index contributed by atoms with van der Waals surface area (Å²) < 4.78 is 16.5. The first-order valence-corrected chi connectivity index (χ1v) is 7.97. The van der Waals surface area contributed by atoms with Crippen molar-refractivity contribution in [2.45, 2.75) is 39.5 Å². The average molecular weight is 323 g/mol. The van der Waals surface area contributed by atoms with Gasteiger partial charge in [-0.1, -0.05) is 38.6 Å². The third-order valence-electron chi connectivity index (χ3n) is 3.00. The maximum atomic E-state index is 9.90. The zero-order valence-corrected chi connectivity index (χ0v) is 14.4. The molecule has 130 valence electrons. The molecule has 5 heteroatoms. The number of hydrogen-bond donors (Lipinski definition) is 2. The maximum Gasteiger partial charge on any atom is 0.124 e. The van der Waals surface area contributed by atoms with E-state index in [4.69, 9.17) is 14.2 Å². The highest BCUT2D eigenvalue weighted by atomic mass is 16.5. The Kier molecular flexibility index (Phi) is 9.36. The summed E-state index contributed by atoms with van der Waals surface area (Å²) in [5, 5.41) is 13.1. The molecular weight excluding hydrogens is 294 g/mol. The van der Waals surface area contributed by atoms with Crippen LogP contribution in [0, 0.1) is 0 Å². The minimum Gasteiger partial charge on any atom is -0.496 e. The second-order valence-electron chi connectivity index (χ2n) is 5.74. The van der Waals surface area contributed by atoms with Gasteiger partial charge in [0.1, 0.15) is 25.1 Å². The molecule has 0 aliphatic heterocycles. The van der Waals surface area contributed by atoms with E-state index in [2.05, 4.69) is 11.9 Å². The monoisotopic (exact) mass is 323 g/mol. The van der Waals surface area contributed by atoms with Crippen molar-refractivity contribution in [1.82, 2.24) is 5.32 Å². The standard InChI is InChI=1S/C18H29NO4/c1-14(2)19-11-17(20)13-23-18-8-6-5-7-16(18)12-21-9-10-22-15(3)4/h5-8,14,17,19-20H,3,9-13H2,1-2,4H3. The molecule has 0 radical (unpaired) electrons. The van der Waals surface area contributed by atoms with E-state index in [9.17, 15) is 5.11 Å². The molecule has 0 amide bonds. The Morgan fingerprint density at radius 3 is 2.70 bits per heavy atom. The fourth-order valence-electron chi connectivity index (χ4n) is 1.84. The Morgan fingerprint density at radius 1 is 1.26 bits per heavy atom. The lowest BCUT2D eigenvalue weighted by molar-refractivity contribution is 0.0641. The number of rotatable bonds is 12. The number of ether oxygens (including phenoxy) is 3. The lowest BCUT2D eigenvalue weighted by Crippen LogP contribution is -2.35. The first-order chi connectivity index (χ1) is 11.0. The Balaban J connectivity index is 2.36. The van der Waals surface area contributed by atoms with Crippen molar-refractivity contribution >= 4 is 0 Å². The lowest BCUT2D eigenvalue weighted by Gasteiger charge is -2.17. The molecule has 1 unspecified atom stereocenters. The summed E-state index contributed by atoms with van der Waals surface area (Å²) >= 11 is 0. The van der Waals surface area contributed by atoms with E-state index < -0.39 is 6.10 Å². The molecule has 0 heterocycles. The van der Waals surface area contributed by atoms with Crippen molar-refractivity contribution < 1.29 is 19.3 Å². The Labute approximate surface area is 139 Å². The van der Waals surface area contributed by atoms with Crippen molar-refractivity contribution in [1.29, 1.82) is 0 Å². The predicted octanol–water partition coefficient (Wildman–Crippen LogP) is 2.49. The highest BCUT2D eigenvalue weighted by Gasteiger charge is 2.08. The molecule has 1 aromatic carbocycles. The summed E-state index contributed by atoms with van der Waals surface area (Å²) in [7, 11) is 0. The molecule has 0 fully saturated rings. The number of aliphatic hydroxyl groups is 1. The second-order valence-corrected chi connectivity index (χ2v) is 5.74. The van der Waals surface area contributed by atoms with Crippen molar-refractivity contribution in [3.8, 4) is 5.75 Å². The zero-order valence-electron chi connectivity index (χ0n) is 14.4. The fourth-order valence-corrected chi connectivity index (χ4v) is 1.84. The van der Waals surface area contributed by atoms with Gasteiger partial charge in [0.05, 0.1) is 19.0 Å². The van der Waals surface area contributed by atoms with Gasteiger partial charge in [-0.15, -0.1) is 0 Å². The molecule has 0 aliphatic rings. The smallest absolute Gasteiger partial charge is 0.124 e. The van der Waals surface area contributed by atoms with E-state index in [0.717, 1.165) is 11.3 Å². The molecule has 0 aliphatic carbocycles. The first-order valence-electron chi connectivity index (χ1n) is 7.97. The Bertz CT molecular complexity index is 462. The van der Waals surface area contributed by atoms with Gasteiger partial charge in [-0.2, -0.15) is 0 Å². The average Bonchev–Trinajstić information content (AvgIpc) is 2.51. The van der Waals surface area contributed by atoms with Crippen LogP contribution >= 0.6 is 0 Å². The van der Waals surface area contributed by atoms with Gasteiger partial charge in [0.2, 0.25) is 0 Å². The molecule has 0 saturated heterocycles. The normalized spacial score (nSPS) is 12.2. The third-order valence-corrected chi connectivity index (χ3v) is 3.00.